The van der Waals surface area contributed by atoms with Gasteiger partial charge in [-0.1, -0.05) is 11.6 Å². The molecule has 86 valence electrons. The number of hydrogen-bond acceptors (Lipinski definition) is 2. The smallest absolute Gasteiger partial charge is 0.289 e. The van der Waals surface area contributed by atoms with Gasteiger partial charge in [-0.2, -0.15) is 8.78 Å². The fourth-order valence-corrected chi connectivity index (χ4v) is 1.12. The van der Waals surface area contributed by atoms with Crippen molar-refractivity contribution in [2.24, 2.45) is 0 Å². The molecule has 1 rings (SSSR count). The minimum absolute atomic E-state index is 0.261. The van der Waals surface area contributed by atoms with E-state index < -0.39 is 29.7 Å². The van der Waals surface area contributed by atoms with Gasteiger partial charge in [0.05, 0.1) is 0 Å². The number of carbonyl (C=O) groups is 2. The predicted molar refractivity (Wildman–Crippen MR) is 51.7 cm³/mol. The first-order chi connectivity index (χ1) is 7.39. The van der Waals surface area contributed by atoms with E-state index in [9.17, 15) is 22.8 Å². The van der Waals surface area contributed by atoms with Crippen LogP contribution >= 0.6 is 11.6 Å². The third-order valence-corrected chi connectivity index (χ3v) is 2.12. The first-order valence-corrected chi connectivity index (χ1v) is 4.55. The number of alkyl halides is 3. The fraction of sp³-hybridized carbons (Fsp3) is 0.200. The number of Topliss-reactive ketones (excluding diaryl/α,β-unsaturated/α-hetero) is 2. The zero-order chi connectivity index (χ0) is 12.3. The van der Waals surface area contributed by atoms with Gasteiger partial charge in [0.1, 0.15) is 0 Å². The highest BCUT2D eigenvalue weighted by molar-refractivity contribution is 6.30. The van der Waals surface area contributed by atoms with Gasteiger partial charge in [-0.15, -0.1) is 0 Å². The quantitative estimate of drug-likeness (QED) is 0.608. The van der Waals surface area contributed by atoms with E-state index in [0.29, 0.717) is 0 Å². The average Bonchev–Trinajstić information content (AvgIpc) is 2.28. The Bertz CT molecular complexity index is 415. The predicted octanol–water partition coefficient (Wildman–Crippen LogP) is 2.70. The number of benzene rings is 1. The summed E-state index contributed by atoms with van der Waals surface area (Å²) in [5, 5.41) is 0.261. The van der Waals surface area contributed by atoms with E-state index in [0.717, 1.165) is 12.1 Å². The van der Waals surface area contributed by atoms with Crippen LogP contribution in [0, 0.1) is 0 Å². The van der Waals surface area contributed by atoms with Crippen molar-refractivity contribution in [2.75, 3.05) is 6.67 Å². The molecule has 0 radical (unpaired) electrons. The third-order valence-electron chi connectivity index (χ3n) is 1.86. The maximum absolute atomic E-state index is 13.0. The number of ketones is 2. The minimum Gasteiger partial charge on any atom is -0.289 e. The number of hydrogen-bond donors (Lipinski definition) is 0. The first-order valence-electron chi connectivity index (χ1n) is 4.17. The summed E-state index contributed by atoms with van der Waals surface area (Å²) < 4.78 is 37.9. The van der Waals surface area contributed by atoms with Crippen molar-refractivity contribution in [3.63, 3.8) is 0 Å². The van der Waals surface area contributed by atoms with Gasteiger partial charge in [-0.3, -0.25) is 9.59 Å². The molecule has 0 bridgehead atoms. The zero-order valence-corrected chi connectivity index (χ0v) is 8.60. The molecule has 16 heavy (non-hydrogen) atoms. The van der Waals surface area contributed by atoms with Gasteiger partial charge in [-0.05, 0) is 24.3 Å². The lowest BCUT2D eigenvalue weighted by Crippen LogP contribution is -2.39. The fourth-order valence-electron chi connectivity index (χ4n) is 0.993. The zero-order valence-electron chi connectivity index (χ0n) is 7.84. The van der Waals surface area contributed by atoms with Crippen molar-refractivity contribution in [3.05, 3.63) is 34.9 Å². The van der Waals surface area contributed by atoms with Crippen LogP contribution < -0.4 is 0 Å². The molecule has 0 unspecified atom stereocenters. The van der Waals surface area contributed by atoms with Crippen LogP contribution in [0.25, 0.3) is 0 Å². The highest BCUT2D eigenvalue weighted by atomic mass is 35.5. The molecule has 0 spiro atoms. The molecule has 1 aromatic rings. The van der Waals surface area contributed by atoms with E-state index >= 15 is 0 Å². The Morgan fingerprint density at radius 3 is 2.12 bits per heavy atom. The Morgan fingerprint density at radius 2 is 1.69 bits per heavy atom. The van der Waals surface area contributed by atoms with Gasteiger partial charge in [0.25, 0.3) is 0 Å². The van der Waals surface area contributed by atoms with Crippen molar-refractivity contribution >= 4 is 23.2 Å². The van der Waals surface area contributed by atoms with Gasteiger partial charge in [0, 0.05) is 10.6 Å². The van der Waals surface area contributed by atoms with Gasteiger partial charge < -0.3 is 0 Å². The highest BCUT2D eigenvalue weighted by Crippen LogP contribution is 2.22. The molecular formula is C10H6ClF3O2. The van der Waals surface area contributed by atoms with Crippen molar-refractivity contribution in [1.29, 1.82) is 0 Å². The van der Waals surface area contributed by atoms with Crippen LogP contribution in [0.4, 0.5) is 13.2 Å². The molecule has 0 aliphatic heterocycles. The second-order valence-electron chi connectivity index (χ2n) is 2.97. The maximum Gasteiger partial charge on any atom is 0.369 e. The molecule has 0 aromatic heterocycles. The van der Waals surface area contributed by atoms with Crippen molar-refractivity contribution in [1.82, 2.24) is 0 Å². The van der Waals surface area contributed by atoms with Gasteiger partial charge >= 0.3 is 5.92 Å². The largest absolute Gasteiger partial charge is 0.369 e. The summed E-state index contributed by atoms with van der Waals surface area (Å²) in [4.78, 5) is 21.7. The molecule has 2 nitrogen and oxygen atoms in total. The Hall–Kier alpha value is -1.36. The molecule has 0 atom stereocenters. The van der Waals surface area contributed by atoms with Crippen LogP contribution in [0.2, 0.25) is 5.02 Å². The Labute approximate surface area is 94.0 Å². The van der Waals surface area contributed by atoms with E-state index in [1.807, 2.05) is 0 Å². The average molecular weight is 251 g/mol. The van der Waals surface area contributed by atoms with Crippen molar-refractivity contribution in [2.45, 2.75) is 5.92 Å². The van der Waals surface area contributed by atoms with Crippen molar-refractivity contribution < 1.29 is 22.8 Å². The number of rotatable bonds is 4. The Kier molecular flexibility index (Phi) is 3.70. The van der Waals surface area contributed by atoms with E-state index in [4.69, 9.17) is 11.6 Å². The maximum atomic E-state index is 13.0. The van der Waals surface area contributed by atoms with Crippen LogP contribution in [0.1, 0.15) is 10.4 Å². The highest BCUT2D eigenvalue weighted by Gasteiger charge is 2.46. The Balaban J connectivity index is 3.02. The molecule has 0 aliphatic carbocycles. The molecule has 0 fully saturated rings. The van der Waals surface area contributed by atoms with Crippen LogP contribution in [-0.2, 0) is 4.79 Å². The normalized spacial score (nSPS) is 11.2. The molecule has 0 N–H and O–H groups in total. The second-order valence-corrected chi connectivity index (χ2v) is 3.40. The molecule has 1 aromatic carbocycles. The lowest BCUT2D eigenvalue weighted by molar-refractivity contribution is -0.137. The summed E-state index contributed by atoms with van der Waals surface area (Å²) in [7, 11) is 0. The van der Waals surface area contributed by atoms with Crippen LogP contribution in [0.5, 0.6) is 0 Å². The van der Waals surface area contributed by atoms with Gasteiger partial charge in [0.15, 0.2) is 6.67 Å². The molecule has 0 saturated carbocycles. The molecule has 0 amide bonds. The van der Waals surface area contributed by atoms with E-state index in [-0.39, 0.29) is 5.02 Å². The Morgan fingerprint density at radius 1 is 1.19 bits per heavy atom. The van der Waals surface area contributed by atoms with Crippen LogP contribution in [0.3, 0.4) is 0 Å². The number of halogens is 4. The third kappa shape index (κ3) is 2.41. The molecule has 0 aliphatic rings. The molecule has 0 saturated heterocycles. The van der Waals surface area contributed by atoms with Crippen LogP contribution in [-0.4, -0.2) is 24.2 Å². The summed E-state index contributed by atoms with van der Waals surface area (Å²) >= 11 is 5.49. The van der Waals surface area contributed by atoms with Crippen LogP contribution in [0.15, 0.2) is 24.3 Å². The van der Waals surface area contributed by atoms with Crippen molar-refractivity contribution in [3.8, 4) is 0 Å². The lowest BCUT2D eigenvalue weighted by atomic mass is 10.0. The topological polar surface area (TPSA) is 34.1 Å². The second kappa shape index (κ2) is 4.65. The standard InChI is InChI=1S/C10H6ClF3O2/c11-7-3-1-6(2-4-7)9(16)10(13,14)8(15)5-12/h1-4H,5H2. The molecule has 6 heteroatoms. The SMILES string of the molecule is O=C(CF)C(F)(F)C(=O)c1ccc(Cl)cc1. The summed E-state index contributed by atoms with van der Waals surface area (Å²) in [6.07, 6.45) is 0. The summed E-state index contributed by atoms with van der Waals surface area (Å²) in [5.74, 6) is -8.11. The first kappa shape index (κ1) is 12.7. The van der Waals surface area contributed by atoms with Gasteiger partial charge in [0.2, 0.25) is 11.6 Å². The monoisotopic (exact) mass is 250 g/mol. The van der Waals surface area contributed by atoms with E-state index in [1.165, 1.54) is 12.1 Å². The number of carbonyl (C=O) groups excluding carboxylic acids is 2. The minimum atomic E-state index is -4.33. The van der Waals surface area contributed by atoms with Gasteiger partial charge in [-0.25, -0.2) is 4.39 Å². The van der Waals surface area contributed by atoms with E-state index in [1.54, 1.807) is 0 Å². The summed E-state index contributed by atoms with van der Waals surface area (Å²) in [6, 6.07) is 4.55. The lowest BCUT2D eigenvalue weighted by Gasteiger charge is -2.11. The summed E-state index contributed by atoms with van der Waals surface area (Å²) in [6.45, 7) is -1.88. The summed E-state index contributed by atoms with van der Waals surface area (Å²) in [5.41, 5.74) is -0.392. The molecule has 0 heterocycles. The van der Waals surface area contributed by atoms with E-state index in [2.05, 4.69) is 0 Å². The molecular weight excluding hydrogens is 245 g/mol.